The van der Waals surface area contributed by atoms with Crippen LogP contribution in [0.25, 0.3) is 0 Å². The van der Waals surface area contributed by atoms with E-state index >= 15 is 0 Å². The van der Waals surface area contributed by atoms with Crippen molar-refractivity contribution < 1.29 is 41.6 Å². The van der Waals surface area contributed by atoms with Gasteiger partial charge in [-0.25, -0.2) is 9.59 Å². The second-order valence-electron chi connectivity index (χ2n) is 6.67. The maximum absolute atomic E-state index is 12.7. The summed E-state index contributed by atoms with van der Waals surface area (Å²) < 4.78 is 46.4. The molecule has 0 rings (SSSR count). The Morgan fingerprint density at radius 2 is 1.41 bits per heavy atom. The fourth-order valence-electron chi connectivity index (χ4n) is 1.97. The minimum atomic E-state index is -4.40. The molecule has 0 saturated heterocycles. The second kappa shape index (κ2) is 13.2. The number of carbonyl (C=O) groups is 3. The van der Waals surface area contributed by atoms with Gasteiger partial charge < -0.3 is 14.2 Å². The van der Waals surface area contributed by atoms with Gasteiger partial charge in [0.2, 0.25) is 0 Å². The zero-order valence-electron chi connectivity index (χ0n) is 16.6. The summed E-state index contributed by atoms with van der Waals surface area (Å²) in [7, 11) is -4.40. The fourth-order valence-corrected chi connectivity index (χ4v) is 2.21. The molecule has 0 aliphatic carbocycles. The summed E-state index contributed by atoms with van der Waals surface area (Å²) in [5, 5.41) is -1.35. The van der Waals surface area contributed by atoms with Crippen LogP contribution in [0.3, 0.4) is 0 Å². The molecule has 0 heterocycles. The summed E-state index contributed by atoms with van der Waals surface area (Å²) in [5.41, 5.74) is -1.33. The first kappa shape index (κ1) is 30.0. The van der Waals surface area contributed by atoms with E-state index in [-0.39, 0.29) is 47.1 Å². The third kappa shape index (κ3) is 10.4. The summed E-state index contributed by atoms with van der Waals surface area (Å²) in [6, 6.07) is 0. The molecule has 11 heteroatoms. The second-order valence-corrected chi connectivity index (χ2v) is 8.50. The zero-order chi connectivity index (χ0) is 22.1. The van der Waals surface area contributed by atoms with E-state index in [2.05, 4.69) is 13.2 Å². The first-order valence-electron chi connectivity index (χ1n) is 8.55. The first-order valence-corrected chi connectivity index (χ1v) is 10.1. The van der Waals surface area contributed by atoms with Crippen LogP contribution in [0.5, 0.6) is 0 Å². The van der Waals surface area contributed by atoms with Crippen molar-refractivity contribution >= 4 is 57.6 Å². The molecule has 9 nitrogen and oxygen atoms in total. The summed E-state index contributed by atoms with van der Waals surface area (Å²) in [4.78, 5) is 36.2. The Morgan fingerprint density at radius 3 is 1.72 bits per heavy atom. The summed E-state index contributed by atoms with van der Waals surface area (Å²) in [6.45, 7) is 11.1. The molecule has 0 bridgehead atoms. The molecule has 0 amide bonds. The quantitative estimate of drug-likeness (QED) is 0.155. The van der Waals surface area contributed by atoms with E-state index in [0.717, 1.165) is 6.92 Å². The molecule has 1 atom stereocenters. The Bertz CT molecular complexity index is 698. The molecular formula is C18H29NaO9S. The van der Waals surface area contributed by atoms with E-state index < -0.39 is 58.5 Å². The molecule has 0 aromatic carbocycles. The third-order valence-corrected chi connectivity index (χ3v) is 4.93. The molecule has 29 heavy (non-hydrogen) atoms. The Labute approximate surface area is 193 Å². The number of esters is 3. The summed E-state index contributed by atoms with van der Waals surface area (Å²) in [6.07, 6.45) is 0.567. The molecule has 0 saturated carbocycles. The van der Waals surface area contributed by atoms with E-state index in [9.17, 15) is 22.8 Å². The first-order chi connectivity index (χ1) is 12.8. The van der Waals surface area contributed by atoms with Crippen molar-refractivity contribution in [2.75, 3.05) is 19.8 Å². The Balaban J connectivity index is 0. The number of carbonyl (C=O) groups excluding carboxylic acids is 3. The van der Waals surface area contributed by atoms with Gasteiger partial charge in [-0.15, -0.1) is 0 Å². The molecule has 0 aliphatic heterocycles. The maximum atomic E-state index is 12.7. The molecule has 0 radical (unpaired) electrons. The van der Waals surface area contributed by atoms with Crippen LogP contribution < -0.4 is 0 Å². The minimum absolute atomic E-state index is 0. The van der Waals surface area contributed by atoms with Crippen molar-refractivity contribution in [3.05, 3.63) is 24.3 Å². The van der Waals surface area contributed by atoms with Crippen molar-refractivity contribution in [1.82, 2.24) is 0 Å². The average Bonchev–Trinajstić information content (AvgIpc) is 2.59. The third-order valence-electron chi connectivity index (χ3n) is 3.78. The van der Waals surface area contributed by atoms with Crippen molar-refractivity contribution in [2.45, 2.75) is 45.8 Å². The van der Waals surface area contributed by atoms with E-state index in [4.69, 9.17) is 18.8 Å². The van der Waals surface area contributed by atoms with Gasteiger partial charge in [-0.3, -0.25) is 9.35 Å². The molecule has 1 unspecified atom stereocenters. The van der Waals surface area contributed by atoms with Gasteiger partial charge in [0.25, 0.3) is 10.1 Å². The monoisotopic (exact) mass is 444 g/mol. The Hall–Kier alpha value is -1.20. The number of hydrogen-bond donors (Lipinski definition) is 1. The van der Waals surface area contributed by atoms with Crippen LogP contribution in [0.4, 0.5) is 0 Å². The Morgan fingerprint density at radius 1 is 1.00 bits per heavy atom. The summed E-state index contributed by atoms with van der Waals surface area (Å²) in [5.74, 6) is -2.41. The van der Waals surface area contributed by atoms with E-state index in [1.54, 1.807) is 6.92 Å². The van der Waals surface area contributed by atoms with Crippen LogP contribution in [0, 0.1) is 5.41 Å². The summed E-state index contributed by atoms with van der Waals surface area (Å²) >= 11 is 0. The molecule has 0 aliphatic rings. The van der Waals surface area contributed by atoms with E-state index in [1.807, 2.05) is 0 Å². The van der Waals surface area contributed by atoms with Gasteiger partial charge in [-0.05, 0) is 27.2 Å². The molecule has 162 valence electrons. The van der Waals surface area contributed by atoms with Crippen LogP contribution in [-0.4, -0.2) is 85.5 Å². The standard InChI is InChI=1S/C18H28O9S.Na.H/c1-7-8-18(10-26-15(19)12(2)3,11-27-16(20)13(4)5)17(21)25-9-14(6)28(22,23)24;;/h14H,2,4,7-11H2,1,3,5-6H3,(H,22,23,24);;. The molecule has 0 fully saturated rings. The molecular weight excluding hydrogens is 415 g/mol. The average molecular weight is 444 g/mol. The van der Waals surface area contributed by atoms with Crippen molar-refractivity contribution in [1.29, 1.82) is 0 Å². The van der Waals surface area contributed by atoms with Gasteiger partial charge in [0.05, 0.1) is 0 Å². The molecule has 1 N–H and O–H groups in total. The van der Waals surface area contributed by atoms with E-state index in [0.29, 0.717) is 6.42 Å². The Kier molecular flexibility index (Phi) is 13.6. The van der Waals surface area contributed by atoms with Crippen LogP contribution in [0.2, 0.25) is 0 Å². The van der Waals surface area contributed by atoms with Gasteiger partial charge >= 0.3 is 47.5 Å². The molecule has 0 aromatic rings. The van der Waals surface area contributed by atoms with Crippen molar-refractivity contribution in [2.24, 2.45) is 5.41 Å². The van der Waals surface area contributed by atoms with Gasteiger partial charge in [0, 0.05) is 11.1 Å². The van der Waals surface area contributed by atoms with Crippen LogP contribution in [-0.2, 0) is 38.7 Å². The van der Waals surface area contributed by atoms with Gasteiger partial charge in [-0.2, -0.15) is 8.42 Å². The fraction of sp³-hybridized carbons (Fsp3) is 0.611. The number of ether oxygens (including phenoxy) is 3. The normalized spacial score (nSPS) is 12.2. The number of hydrogen-bond acceptors (Lipinski definition) is 8. The predicted octanol–water partition coefficient (Wildman–Crippen LogP) is 1.18. The van der Waals surface area contributed by atoms with Crippen molar-refractivity contribution in [3.63, 3.8) is 0 Å². The van der Waals surface area contributed by atoms with Crippen molar-refractivity contribution in [3.8, 4) is 0 Å². The van der Waals surface area contributed by atoms with Crippen LogP contribution in [0.1, 0.15) is 40.5 Å². The number of rotatable bonds is 12. The molecule has 0 aromatic heterocycles. The zero-order valence-corrected chi connectivity index (χ0v) is 17.5. The van der Waals surface area contributed by atoms with Crippen LogP contribution >= 0.6 is 0 Å². The SMILES string of the molecule is C=C(C)C(=O)OCC(CCC)(COC(=O)C(=C)C)C(=O)OCC(C)S(=O)(=O)O.[NaH]. The van der Waals surface area contributed by atoms with Gasteiger partial charge in [0.15, 0.2) is 0 Å². The topological polar surface area (TPSA) is 133 Å². The van der Waals surface area contributed by atoms with Crippen LogP contribution in [0.15, 0.2) is 24.3 Å². The predicted molar refractivity (Wildman–Crippen MR) is 108 cm³/mol. The van der Waals surface area contributed by atoms with Gasteiger partial charge in [-0.1, -0.05) is 26.5 Å². The molecule has 0 spiro atoms. The van der Waals surface area contributed by atoms with E-state index in [1.165, 1.54) is 13.8 Å². The van der Waals surface area contributed by atoms with Gasteiger partial charge in [0.1, 0.15) is 30.5 Å².